The van der Waals surface area contributed by atoms with Gasteiger partial charge in [0.2, 0.25) is 0 Å². The molecule has 1 amide bonds. The van der Waals surface area contributed by atoms with Crippen molar-refractivity contribution < 1.29 is 23.9 Å². The second-order valence-corrected chi connectivity index (χ2v) is 6.93. The molecule has 0 aliphatic carbocycles. The highest BCUT2D eigenvalue weighted by Crippen LogP contribution is 2.11. The molecule has 0 fully saturated rings. The van der Waals surface area contributed by atoms with Crippen LogP contribution in [0.2, 0.25) is 0 Å². The molecule has 122 valence electrons. The van der Waals surface area contributed by atoms with Crippen molar-refractivity contribution in [1.29, 1.82) is 0 Å². The largest absolute Gasteiger partial charge is 0.460 e. The average Bonchev–Trinajstić information content (AvgIpc) is 2.18. The van der Waals surface area contributed by atoms with E-state index in [4.69, 9.17) is 9.47 Å². The predicted molar refractivity (Wildman–Crippen MR) is 78.9 cm³/mol. The predicted octanol–water partition coefficient (Wildman–Crippen LogP) is 2.59. The number of carbonyl (C=O) groups excluding carboxylic acids is 3. The van der Waals surface area contributed by atoms with Gasteiger partial charge in [-0.15, -0.1) is 0 Å². The lowest BCUT2D eigenvalue weighted by molar-refractivity contribution is -0.155. The van der Waals surface area contributed by atoms with E-state index in [0.29, 0.717) is 0 Å². The molecule has 0 radical (unpaired) electrons. The van der Waals surface area contributed by atoms with Crippen LogP contribution in [0, 0.1) is 0 Å². The molecule has 6 nitrogen and oxygen atoms in total. The Hall–Kier alpha value is -1.59. The van der Waals surface area contributed by atoms with Crippen molar-refractivity contribution in [2.75, 3.05) is 0 Å². The lowest BCUT2D eigenvalue weighted by Gasteiger charge is -2.23. The van der Waals surface area contributed by atoms with Gasteiger partial charge in [0.05, 0.1) is 6.04 Å². The number of hydrogen-bond donors (Lipinski definition) is 1. The SMILES string of the molecule is CC(=O)[C@H](CCC(=O)OC(C)(C)C)NC(=O)OC(C)(C)C. The number of esters is 1. The van der Waals surface area contributed by atoms with E-state index in [-0.39, 0.29) is 18.6 Å². The van der Waals surface area contributed by atoms with E-state index in [1.165, 1.54) is 6.92 Å². The molecule has 0 aliphatic heterocycles. The maximum absolute atomic E-state index is 11.6. The van der Waals surface area contributed by atoms with Gasteiger partial charge in [-0.1, -0.05) is 0 Å². The lowest BCUT2D eigenvalue weighted by atomic mass is 10.1. The summed E-state index contributed by atoms with van der Waals surface area (Å²) >= 11 is 0. The molecule has 21 heavy (non-hydrogen) atoms. The van der Waals surface area contributed by atoms with Crippen LogP contribution < -0.4 is 5.32 Å². The number of hydrogen-bond acceptors (Lipinski definition) is 5. The van der Waals surface area contributed by atoms with E-state index in [9.17, 15) is 14.4 Å². The highest BCUT2D eigenvalue weighted by Gasteiger charge is 2.24. The standard InChI is InChI=1S/C15H27NO5/c1-10(17)11(16-13(19)21-15(5,6)7)8-9-12(18)20-14(2,3)4/h11H,8-9H2,1-7H3,(H,16,19)/t11-/m0/s1. The third kappa shape index (κ3) is 10.8. The highest BCUT2D eigenvalue weighted by molar-refractivity contribution is 5.86. The van der Waals surface area contributed by atoms with Crippen LogP contribution in [0.15, 0.2) is 0 Å². The van der Waals surface area contributed by atoms with Crippen molar-refractivity contribution in [3.8, 4) is 0 Å². The maximum Gasteiger partial charge on any atom is 0.408 e. The van der Waals surface area contributed by atoms with E-state index in [2.05, 4.69) is 5.32 Å². The van der Waals surface area contributed by atoms with E-state index in [0.717, 1.165) is 0 Å². The van der Waals surface area contributed by atoms with Crippen LogP contribution in [0.1, 0.15) is 61.3 Å². The van der Waals surface area contributed by atoms with Crippen molar-refractivity contribution in [2.24, 2.45) is 0 Å². The van der Waals surface area contributed by atoms with Gasteiger partial charge in [0.15, 0.2) is 5.78 Å². The first kappa shape index (κ1) is 19.4. The summed E-state index contributed by atoms with van der Waals surface area (Å²) in [5.41, 5.74) is -1.21. The molecule has 0 aromatic carbocycles. The summed E-state index contributed by atoms with van der Waals surface area (Å²) in [4.78, 5) is 34.8. The van der Waals surface area contributed by atoms with Gasteiger partial charge in [-0.3, -0.25) is 9.59 Å². The molecule has 0 heterocycles. The lowest BCUT2D eigenvalue weighted by Crippen LogP contribution is -2.43. The average molecular weight is 301 g/mol. The number of ether oxygens (including phenoxy) is 2. The fourth-order valence-corrected chi connectivity index (χ4v) is 1.48. The molecule has 0 spiro atoms. The topological polar surface area (TPSA) is 81.7 Å². The quantitative estimate of drug-likeness (QED) is 0.789. The van der Waals surface area contributed by atoms with Gasteiger partial charge < -0.3 is 14.8 Å². The van der Waals surface area contributed by atoms with Gasteiger partial charge in [-0.2, -0.15) is 0 Å². The van der Waals surface area contributed by atoms with Gasteiger partial charge in [0.25, 0.3) is 0 Å². The van der Waals surface area contributed by atoms with E-state index < -0.39 is 29.3 Å². The third-order valence-corrected chi connectivity index (χ3v) is 2.24. The molecular formula is C15H27NO5. The van der Waals surface area contributed by atoms with Crippen LogP contribution in [0.3, 0.4) is 0 Å². The van der Waals surface area contributed by atoms with E-state index in [1.54, 1.807) is 41.5 Å². The summed E-state index contributed by atoms with van der Waals surface area (Å²) in [6.07, 6.45) is -0.437. The van der Waals surface area contributed by atoms with E-state index >= 15 is 0 Å². The molecule has 0 saturated heterocycles. The van der Waals surface area contributed by atoms with Crippen LogP contribution in [0.4, 0.5) is 4.79 Å². The summed E-state index contributed by atoms with van der Waals surface area (Å²) in [6.45, 7) is 11.9. The summed E-state index contributed by atoms with van der Waals surface area (Å²) in [7, 11) is 0. The molecule has 0 bridgehead atoms. The highest BCUT2D eigenvalue weighted by atomic mass is 16.6. The van der Waals surface area contributed by atoms with Crippen molar-refractivity contribution in [3.63, 3.8) is 0 Å². The number of amides is 1. The summed E-state index contributed by atoms with van der Waals surface area (Å²) in [5, 5.41) is 2.47. The Morgan fingerprint density at radius 1 is 0.952 bits per heavy atom. The summed E-state index contributed by atoms with van der Waals surface area (Å²) in [5.74, 6) is -0.635. The first-order valence-corrected chi connectivity index (χ1v) is 7.02. The fourth-order valence-electron chi connectivity index (χ4n) is 1.48. The number of nitrogens with one attached hydrogen (secondary N) is 1. The van der Waals surface area contributed by atoms with Crippen LogP contribution in [-0.2, 0) is 19.1 Å². The molecule has 0 aromatic heterocycles. The molecular weight excluding hydrogens is 274 g/mol. The van der Waals surface area contributed by atoms with Gasteiger partial charge >= 0.3 is 12.1 Å². The minimum atomic E-state index is -0.757. The van der Waals surface area contributed by atoms with Gasteiger partial charge in [0, 0.05) is 6.42 Å². The molecule has 1 N–H and O–H groups in total. The Morgan fingerprint density at radius 2 is 1.43 bits per heavy atom. The molecule has 1 atom stereocenters. The Bertz CT molecular complexity index is 390. The van der Waals surface area contributed by atoms with Crippen molar-refractivity contribution >= 4 is 17.8 Å². The second kappa shape index (κ2) is 7.43. The zero-order chi connectivity index (χ0) is 16.8. The Morgan fingerprint density at radius 3 is 1.81 bits per heavy atom. The first-order valence-electron chi connectivity index (χ1n) is 7.02. The zero-order valence-corrected chi connectivity index (χ0v) is 14.0. The minimum Gasteiger partial charge on any atom is -0.460 e. The van der Waals surface area contributed by atoms with Crippen molar-refractivity contribution in [3.05, 3.63) is 0 Å². The molecule has 0 aromatic rings. The van der Waals surface area contributed by atoms with Crippen LogP contribution in [0.5, 0.6) is 0 Å². The van der Waals surface area contributed by atoms with Crippen molar-refractivity contribution in [1.82, 2.24) is 5.32 Å². The van der Waals surface area contributed by atoms with Crippen LogP contribution in [0.25, 0.3) is 0 Å². The smallest absolute Gasteiger partial charge is 0.408 e. The van der Waals surface area contributed by atoms with Gasteiger partial charge in [0.1, 0.15) is 11.2 Å². The zero-order valence-electron chi connectivity index (χ0n) is 14.0. The van der Waals surface area contributed by atoms with Crippen LogP contribution in [-0.4, -0.2) is 35.1 Å². The first-order chi connectivity index (χ1) is 9.30. The molecule has 0 unspecified atom stereocenters. The Balaban J connectivity index is 4.42. The maximum atomic E-state index is 11.6. The number of ketones is 1. The number of carbonyl (C=O) groups is 3. The van der Waals surface area contributed by atoms with Crippen molar-refractivity contribution in [2.45, 2.75) is 78.6 Å². The Kier molecular flexibility index (Phi) is 6.86. The van der Waals surface area contributed by atoms with E-state index in [1.807, 2.05) is 0 Å². The molecule has 0 aliphatic rings. The second-order valence-electron chi connectivity index (χ2n) is 6.93. The number of Topliss-reactive ketones (excluding diaryl/α,β-unsaturated/α-hetero) is 1. The summed E-state index contributed by atoms with van der Waals surface area (Å²) < 4.78 is 10.2. The molecule has 0 saturated carbocycles. The number of alkyl carbamates (subject to hydrolysis) is 1. The Labute approximate surface area is 126 Å². The third-order valence-electron chi connectivity index (χ3n) is 2.24. The molecule has 0 rings (SSSR count). The fraction of sp³-hybridized carbons (Fsp3) is 0.800. The van der Waals surface area contributed by atoms with Gasteiger partial charge in [-0.25, -0.2) is 4.79 Å². The normalized spacial score (nSPS) is 13.3. The van der Waals surface area contributed by atoms with Crippen LogP contribution >= 0.6 is 0 Å². The molecule has 6 heteroatoms. The van der Waals surface area contributed by atoms with Gasteiger partial charge in [-0.05, 0) is 54.9 Å². The number of rotatable bonds is 5. The summed E-state index contributed by atoms with van der Waals surface area (Å²) in [6, 6.07) is -0.757. The minimum absolute atomic E-state index is 0.0529. The monoisotopic (exact) mass is 301 g/mol.